The van der Waals surface area contributed by atoms with Crippen molar-refractivity contribution in [3.05, 3.63) is 56.7 Å². The molecule has 3 heteroatoms. The first-order valence-corrected chi connectivity index (χ1v) is 6.06. The highest BCUT2D eigenvalue weighted by atomic mass is 35.5. The van der Waals surface area contributed by atoms with Crippen molar-refractivity contribution in [3.63, 3.8) is 0 Å². The van der Waals surface area contributed by atoms with Crippen LogP contribution in [-0.4, -0.2) is 6.29 Å². The first-order chi connectivity index (χ1) is 7.79. The summed E-state index contributed by atoms with van der Waals surface area (Å²) in [5.41, 5.74) is 2.75. The minimum absolute atomic E-state index is 0.723. The summed E-state index contributed by atoms with van der Waals surface area (Å²) < 4.78 is 0. The first-order valence-electron chi connectivity index (χ1n) is 4.74. The van der Waals surface area contributed by atoms with E-state index in [4.69, 9.17) is 11.6 Å². The predicted octanol–water partition coefficient (Wildman–Crippen LogP) is 4.38. The van der Waals surface area contributed by atoms with E-state index in [0.717, 1.165) is 28.0 Å². The molecule has 0 bridgehead atoms. The Morgan fingerprint density at radius 3 is 2.38 bits per heavy atom. The normalized spacial score (nSPS) is 10.8. The molecule has 0 aliphatic heterocycles. The summed E-state index contributed by atoms with van der Waals surface area (Å²) in [6.45, 7) is 0. The van der Waals surface area contributed by atoms with Crippen LogP contribution in [0.25, 0.3) is 12.2 Å². The minimum Gasteiger partial charge on any atom is -0.298 e. The maximum Gasteiger partial charge on any atom is 0.151 e. The van der Waals surface area contributed by atoms with Gasteiger partial charge >= 0.3 is 0 Å². The lowest BCUT2D eigenvalue weighted by Crippen LogP contribution is -1.77. The zero-order chi connectivity index (χ0) is 11.4. The Labute approximate surface area is 103 Å². The number of carbonyl (C=O) groups is 1. The van der Waals surface area contributed by atoms with Crippen molar-refractivity contribution in [3.8, 4) is 0 Å². The molecule has 0 aliphatic rings. The van der Waals surface area contributed by atoms with Gasteiger partial charge in [-0.25, -0.2) is 0 Å². The fraction of sp³-hybridized carbons (Fsp3) is 0. The van der Waals surface area contributed by atoms with E-state index in [2.05, 4.69) is 0 Å². The minimum atomic E-state index is 0.723. The van der Waals surface area contributed by atoms with Crippen LogP contribution in [0.2, 0.25) is 5.02 Å². The van der Waals surface area contributed by atoms with Gasteiger partial charge in [0.05, 0.1) is 0 Å². The van der Waals surface area contributed by atoms with Crippen LogP contribution in [0.15, 0.2) is 35.0 Å². The maximum atomic E-state index is 10.7. The van der Waals surface area contributed by atoms with Crippen molar-refractivity contribution in [1.82, 2.24) is 0 Å². The molecule has 0 radical (unpaired) electrons. The van der Waals surface area contributed by atoms with E-state index in [-0.39, 0.29) is 0 Å². The lowest BCUT2D eigenvalue weighted by atomic mass is 10.1. The van der Waals surface area contributed by atoms with Gasteiger partial charge in [0.25, 0.3) is 0 Å². The topological polar surface area (TPSA) is 17.1 Å². The lowest BCUT2D eigenvalue weighted by Gasteiger charge is -1.93. The average molecular weight is 249 g/mol. The zero-order valence-electron chi connectivity index (χ0n) is 8.39. The van der Waals surface area contributed by atoms with E-state index < -0.39 is 0 Å². The SMILES string of the molecule is O=Cc1cscc1/C=C/c1ccc(Cl)cc1. The molecule has 0 saturated carbocycles. The smallest absolute Gasteiger partial charge is 0.151 e. The van der Waals surface area contributed by atoms with Crippen molar-refractivity contribution in [2.75, 3.05) is 0 Å². The molecule has 1 heterocycles. The van der Waals surface area contributed by atoms with Gasteiger partial charge in [0.1, 0.15) is 0 Å². The second kappa shape index (κ2) is 5.10. The first kappa shape index (κ1) is 11.1. The summed E-state index contributed by atoms with van der Waals surface area (Å²) in [5.74, 6) is 0. The monoisotopic (exact) mass is 248 g/mol. The van der Waals surface area contributed by atoms with E-state index in [1.807, 2.05) is 47.2 Å². The number of thiophene rings is 1. The molecule has 2 aromatic rings. The molecule has 1 aromatic carbocycles. The third kappa shape index (κ3) is 2.60. The van der Waals surface area contributed by atoms with Gasteiger partial charge in [-0.1, -0.05) is 35.9 Å². The molecule has 1 aromatic heterocycles. The van der Waals surface area contributed by atoms with Crippen LogP contribution in [-0.2, 0) is 0 Å². The molecule has 0 unspecified atom stereocenters. The molecule has 0 aliphatic carbocycles. The van der Waals surface area contributed by atoms with Crippen molar-refractivity contribution >= 4 is 41.4 Å². The van der Waals surface area contributed by atoms with Crippen LogP contribution in [0.1, 0.15) is 21.5 Å². The summed E-state index contributed by atoms with van der Waals surface area (Å²) in [6.07, 6.45) is 4.77. The van der Waals surface area contributed by atoms with E-state index in [1.54, 1.807) is 0 Å². The molecular formula is C13H9ClOS. The van der Waals surface area contributed by atoms with E-state index in [0.29, 0.717) is 0 Å². The Bertz CT molecular complexity index is 511. The fourth-order valence-electron chi connectivity index (χ4n) is 1.31. The fourth-order valence-corrected chi connectivity index (χ4v) is 2.20. The number of hydrogen-bond acceptors (Lipinski definition) is 2. The maximum absolute atomic E-state index is 10.7. The van der Waals surface area contributed by atoms with Crippen molar-refractivity contribution in [2.24, 2.45) is 0 Å². The molecule has 0 saturated heterocycles. The highest BCUT2D eigenvalue weighted by Crippen LogP contribution is 2.17. The van der Waals surface area contributed by atoms with Gasteiger partial charge in [0.2, 0.25) is 0 Å². The van der Waals surface area contributed by atoms with Crippen LogP contribution < -0.4 is 0 Å². The second-order valence-electron chi connectivity index (χ2n) is 3.29. The molecule has 1 nitrogen and oxygen atoms in total. The van der Waals surface area contributed by atoms with Crippen LogP contribution in [0.4, 0.5) is 0 Å². The van der Waals surface area contributed by atoms with E-state index >= 15 is 0 Å². The third-order valence-electron chi connectivity index (χ3n) is 2.18. The third-order valence-corrected chi connectivity index (χ3v) is 3.21. The Hall–Kier alpha value is -1.38. The van der Waals surface area contributed by atoms with Crippen molar-refractivity contribution in [1.29, 1.82) is 0 Å². The molecular weight excluding hydrogens is 240 g/mol. The molecule has 0 amide bonds. The zero-order valence-corrected chi connectivity index (χ0v) is 9.96. The molecule has 0 atom stereocenters. The van der Waals surface area contributed by atoms with Crippen LogP contribution in [0.5, 0.6) is 0 Å². The Morgan fingerprint density at radius 1 is 1.00 bits per heavy atom. The van der Waals surface area contributed by atoms with Crippen LogP contribution >= 0.6 is 22.9 Å². The Balaban J connectivity index is 2.21. The van der Waals surface area contributed by atoms with Crippen LogP contribution in [0, 0.1) is 0 Å². The van der Waals surface area contributed by atoms with Gasteiger partial charge in [0, 0.05) is 16.0 Å². The molecule has 0 spiro atoms. The predicted molar refractivity (Wildman–Crippen MR) is 70.1 cm³/mol. The number of rotatable bonds is 3. The molecule has 0 N–H and O–H groups in total. The number of carbonyl (C=O) groups excluding carboxylic acids is 1. The van der Waals surface area contributed by atoms with Crippen LogP contribution in [0.3, 0.4) is 0 Å². The molecule has 16 heavy (non-hydrogen) atoms. The summed E-state index contributed by atoms with van der Waals surface area (Å²) >= 11 is 7.32. The number of hydrogen-bond donors (Lipinski definition) is 0. The highest BCUT2D eigenvalue weighted by molar-refractivity contribution is 7.08. The number of halogens is 1. The van der Waals surface area contributed by atoms with Gasteiger partial charge in [-0.2, -0.15) is 11.3 Å². The standard InChI is InChI=1S/C13H9ClOS/c14-13-5-2-10(3-6-13)1-4-11-8-16-9-12(11)7-15/h1-9H/b4-1+. The Morgan fingerprint density at radius 2 is 1.69 bits per heavy atom. The number of aldehydes is 1. The largest absolute Gasteiger partial charge is 0.298 e. The Kier molecular flexibility index (Phi) is 3.54. The van der Waals surface area contributed by atoms with E-state index in [9.17, 15) is 4.79 Å². The summed E-state index contributed by atoms with van der Waals surface area (Å²) in [6, 6.07) is 7.56. The molecule has 2 rings (SSSR count). The summed E-state index contributed by atoms with van der Waals surface area (Å²) in [5, 5.41) is 4.52. The highest BCUT2D eigenvalue weighted by Gasteiger charge is 1.97. The second-order valence-corrected chi connectivity index (χ2v) is 4.47. The van der Waals surface area contributed by atoms with Gasteiger partial charge in [0.15, 0.2) is 6.29 Å². The van der Waals surface area contributed by atoms with Gasteiger partial charge in [-0.3, -0.25) is 4.79 Å². The average Bonchev–Trinajstić information content (AvgIpc) is 2.76. The molecule has 0 fully saturated rings. The van der Waals surface area contributed by atoms with E-state index in [1.165, 1.54) is 11.3 Å². The summed E-state index contributed by atoms with van der Waals surface area (Å²) in [4.78, 5) is 10.7. The molecule has 80 valence electrons. The van der Waals surface area contributed by atoms with Gasteiger partial charge < -0.3 is 0 Å². The van der Waals surface area contributed by atoms with Crippen molar-refractivity contribution < 1.29 is 4.79 Å². The lowest BCUT2D eigenvalue weighted by molar-refractivity contribution is 0.112. The number of benzene rings is 1. The quantitative estimate of drug-likeness (QED) is 0.737. The van der Waals surface area contributed by atoms with Gasteiger partial charge in [-0.05, 0) is 28.6 Å². The summed E-state index contributed by atoms with van der Waals surface area (Å²) in [7, 11) is 0. The van der Waals surface area contributed by atoms with Gasteiger partial charge in [-0.15, -0.1) is 0 Å². The van der Waals surface area contributed by atoms with Crippen molar-refractivity contribution in [2.45, 2.75) is 0 Å².